The number of carbonyl (C=O) groups is 1. The predicted octanol–water partition coefficient (Wildman–Crippen LogP) is 4.41. The van der Waals surface area contributed by atoms with Gasteiger partial charge in [0.1, 0.15) is 11.6 Å². The van der Waals surface area contributed by atoms with Gasteiger partial charge in [-0.1, -0.05) is 5.92 Å². The Balaban J connectivity index is 1.42. The van der Waals surface area contributed by atoms with Crippen LogP contribution < -0.4 is 4.90 Å². The van der Waals surface area contributed by atoms with Crippen LogP contribution in [0.5, 0.6) is 0 Å². The Kier molecular flexibility index (Phi) is 6.80. The summed E-state index contributed by atoms with van der Waals surface area (Å²) in [5, 5.41) is 1.27. The number of nitrogens with zero attached hydrogens (tertiary/aromatic N) is 4. The summed E-state index contributed by atoms with van der Waals surface area (Å²) in [5.74, 6) is 3.68. The van der Waals surface area contributed by atoms with Crippen LogP contribution in [0.15, 0.2) is 24.4 Å². The Morgan fingerprint density at radius 2 is 1.76 bits per heavy atom. The third-order valence-electron chi connectivity index (χ3n) is 5.81. The summed E-state index contributed by atoms with van der Waals surface area (Å²) < 4.78 is 41.5. The highest BCUT2D eigenvalue weighted by molar-refractivity contribution is 5.79. The highest BCUT2D eigenvalue weighted by atomic mass is 19.1. The van der Waals surface area contributed by atoms with Crippen LogP contribution in [-0.2, 0) is 9.63 Å². The van der Waals surface area contributed by atoms with Crippen molar-refractivity contribution in [2.45, 2.75) is 46.1 Å². The SMILES string of the molecule is CC(C)(C)C#Cc1nc(N2CCC(C(=O)N3OCCC3c3cc(F)cc(F)c3)CC2)ncc1F. The largest absolute Gasteiger partial charge is 0.341 e. The normalized spacial score (nSPS) is 19.2. The number of anilines is 1. The predicted molar refractivity (Wildman–Crippen MR) is 120 cm³/mol. The van der Waals surface area contributed by atoms with Gasteiger partial charge in [-0.3, -0.25) is 9.63 Å². The van der Waals surface area contributed by atoms with Crippen LogP contribution in [-0.4, -0.2) is 40.6 Å². The Hall–Kier alpha value is -3.12. The van der Waals surface area contributed by atoms with E-state index in [-0.39, 0.29) is 22.9 Å². The Bertz CT molecular complexity index is 1110. The first-order chi connectivity index (χ1) is 16.1. The second kappa shape index (κ2) is 9.63. The van der Waals surface area contributed by atoms with Crippen LogP contribution in [0.2, 0.25) is 0 Å². The second-order valence-electron chi connectivity index (χ2n) is 9.63. The molecular formula is C25H27F3N4O2. The van der Waals surface area contributed by atoms with Crippen molar-refractivity contribution in [2.24, 2.45) is 11.3 Å². The maximum atomic E-state index is 14.1. The molecule has 1 unspecified atom stereocenters. The van der Waals surface area contributed by atoms with E-state index in [1.165, 1.54) is 17.2 Å². The molecule has 3 heterocycles. The molecule has 6 nitrogen and oxygen atoms in total. The van der Waals surface area contributed by atoms with E-state index in [1.807, 2.05) is 25.7 Å². The fourth-order valence-electron chi connectivity index (χ4n) is 4.11. The van der Waals surface area contributed by atoms with Gasteiger partial charge in [-0.25, -0.2) is 28.2 Å². The highest BCUT2D eigenvalue weighted by Crippen LogP contribution is 2.34. The zero-order valence-corrected chi connectivity index (χ0v) is 19.4. The molecule has 0 bridgehead atoms. The molecule has 0 spiro atoms. The molecule has 2 fully saturated rings. The maximum Gasteiger partial charge on any atom is 0.249 e. The minimum atomic E-state index is -0.687. The number of hydroxylamine groups is 2. The van der Waals surface area contributed by atoms with Crippen LogP contribution >= 0.6 is 0 Å². The smallest absolute Gasteiger partial charge is 0.249 e. The minimum absolute atomic E-state index is 0.0498. The number of hydrogen-bond donors (Lipinski definition) is 0. The van der Waals surface area contributed by atoms with Gasteiger partial charge in [-0.15, -0.1) is 0 Å². The van der Waals surface area contributed by atoms with Crippen LogP contribution in [0.1, 0.15) is 57.3 Å². The lowest BCUT2D eigenvalue weighted by Gasteiger charge is -2.34. The van der Waals surface area contributed by atoms with E-state index in [2.05, 4.69) is 21.8 Å². The molecule has 0 saturated carbocycles. The number of amides is 1. The van der Waals surface area contributed by atoms with Crippen molar-refractivity contribution in [1.82, 2.24) is 15.0 Å². The molecule has 180 valence electrons. The average molecular weight is 473 g/mol. The third kappa shape index (κ3) is 5.50. The summed E-state index contributed by atoms with van der Waals surface area (Å²) in [6.07, 6.45) is 2.63. The summed E-state index contributed by atoms with van der Waals surface area (Å²) in [5.41, 5.74) is 0.140. The van der Waals surface area contributed by atoms with E-state index in [0.717, 1.165) is 12.3 Å². The van der Waals surface area contributed by atoms with Crippen molar-refractivity contribution < 1.29 is 22.8 Å². The van der Waals surface area contributed by atoms with Gasteiger partial charge in [0.15, 0.2) is 11.5 Å². The summed E-state index contributed by atoms with van der Waals surface area (Å²) in [6.45, 7) is 7.10. The number of piperidine rings is 1. The van der Waals surface area contributed by atoms with E-state index in [1.54, 1.807) is 0 Å². The quantitative estimate of drug-likeness (QED) is 0.620. The van der Waals surface area contributed by atoms with Crippen LogP contribution in [0.25, 0.3) is 0 Å². The summed E-state index contributed by atoms with van der Waals surface area (Å²) in [4.78, 5) is 29.0. The number of halogens is 3. The standard InChI is InChI=1S/C25H27F3N4O2/c1-25(2,3)8-4-21-20(28)15-29-24(30-21)31-9-5-16(6-10-31)23(33)32-22(7-11-34-32)17-12-18(26)14-19(27)13-17/h12-16,22H,5-7,9-11H2,1-3H3. The van der Waals surface area contributed by atoms with Gasteiger partial charge in [-0.2, -0.15) is 0 Å². The van der Waals surface area contributed by atoms with E-state index in [4.69, 9.17) is 4.84 Å². The molecule has 1 aromatic heterocycles. The number of aromatic nitrogens is 2. The lowest BCUT2D eigenvalue weighted by atomic mass is 9.94. The molecular weight excluding hydrogens is 445 g/mol. The van der Waals surface area contributed by atoms with Crippen molar-refractivity contribution in [3.05, 3.63) is 53.1 Å². The van der Waals surface area contributed by atoms with E-state index >= 15 is 0 Å². The second-order valence-corrected chi connectivity index (χ2v) is 9.63. The fourth-order valence-corrected chi connectivity index (χ4v) is 4.11. The molecule has 0 aliphatic carbocycles. The van der Waals surface area contributed by atoms with Crippen LogP contribution in [0, 0.1) is 40.6 Å². The molecule has 4 rings (SSSR count). The maximum absolute atomic E-state index is 14.1. The molecule has 1 aromatic carbocycles. The van der Waals surface area contributed by atoms with Gasteiger partial charge in [0, 0.05) is 36.9 Å². The molecule has 34 heavy (non-hydrogen) atoms. The third-order valence-corrected chi connectivity index (χ3v) is 5.81. The molecule has 2 aliphatic heterocycles. The molecule has 2 saturated heterocycles. The van der Waals surface area contributed by atoms with E-state index < -0.39 is 23.5 Å². The topological polar surface area (TPSA) is 58.6 Å². The van der Waals surface area contributed by atoms with Crippen LogP contribution in [0.3, 0.4) is 0 Å². The fraction of sp³-hybridized carbons (Fsp3) is 0.480. The molecule has 1 atom stereocenters. The van der Waals surface area contributed by atoms with E-state index in [9.17, 15) is 18.0 Å². The van der Waals surface area contributed by atoms with Gasteiger partial charge in [0.25, 0.3) is 0 Å². The molecule has 0 N–H and O–H groups in total. The Morgan fingerprint density at radius 1 is 1.09 bits per heavy atom. The minimum Gasteiger partial charge on any atom is -0.341 e. The first-order valence-corrected chi connectivity index (χ1v) is 11.3. The van der Waals surface area contributed by atoms with Crippen molar-refractivity contribution in [1.29, 1.82) is 0 Å². The lowest BCUT2D eigenvalue weighted by Crippen LogP contribution is -2.42. The Morgan fingerprint density at radius 3 is 2.41 bits per heavy atom. The van der Waals surface area contributed by atoms with Gasteiger partial charge < -0.3 is 4.90 Å². The summed E-state index contributed by atoms with van der Waals surface area (Å²) >= 11 is 0. The van der Waals surface area contributed by atoms with Gasteiger partial charge in [-0.05, 0) is 57.2 Å². The average Bonchev–Trinajstić information content (AvgIpc) is 3.27. The molecule has 0 radical (unpaired) electrons. The Labute approximate surface area is 197 Å². The summed E-state index contributed by atoms with van der Waals surface area (Å²) in [7, 11) is 0. The van der Waals surface area contributed by atoms with Crippen molar-refractivity contribution in [3.8, 4) is 11.8 Å². The monoisotopic (exact) mass is 472 g/mol. The van der Waals surface area contributed by atoms with Gasteiger partial charge >= 0.3 is 0 Å². The zero-order valence-electron chi connectivity index (χ0n) is 19.4. The first-order valence-electron chi connectivity index (χ1n) is 11.3. The van der Waals surface area contributed by atoms with Gasteiger partial charge in [0.05, 0.1) is 18.8 Å². The summed E-state index contributed by atoms with van der Waals surface area (Å²) in [6, 6.07) is 2.74. The van der Waals surface area contributed by atoms with E-state index in [0.29, 0.717) is 50.5 Å². The molecule has 2 aliphatic rings. The number of hydrogen-bond acceptors (Lipinski definition) is 5. The zero-order chi connectivity index (χ0) is 24.5. The van der Waals surface area contributed by atoms with Crippen molar-refractivity contribution in [2.75, 3.05) is 24.6 Å². The van der Waals surface area contributed by atoms with Gasteiger partial charge in [0.2, 0.25) is 11.9 Å². The number of rotatable bonds is 3. The van der Waals surface area contributed by atoms with Crippen LogP contribution in [0.4, 0.5) is 19.1 Å². The number of carbonyl (C=O) groups excluding carboxylic acids is 1. The number of benzene rings is 1. The van der Waals surface area contributed by atoms with Crippen molar-refractivity contribution >= 4 is 11.9 Å². The first kappa shape index (κ1) is 24.0. The molecule has 2 aromatic rings. The van der Waals surface area contributed by atoms with Crippen molar-refractivity contribution in [3.63, 3.8) is 0 Å². The highest BCUT2D eigenvalue weighted by Gasteiger charge is 2.37. The molecule has 9 heteroatoms. The lowest BCUT2D eigenvalue weighted by molar-refractivity contribution is -0.182. The molecule has 1 amide bonds.